The van der Waals surface area contributed by atoms with Crippen LogP contribution in [0.4, 0.5) is 0 Å². The number of aliphatic carboxylic acids is 1. The lowest BCUT2D eigenvalue weighted by Gasteiger charge is -2.21. The van der Waals surface area contributed by atoms with Crippen LogP contribution in [0, 0.1) is 5.92 Å². The van der Waals surface area contributed by atoms with E-state index in [1.807, 2.05) is 0 Å². The predicted octanol–water partition coefficient (Wildman–Crippen LogP) is 2.65. The Kier molecular flexibility index (Phi) is 7.39. The van der Waals surface area contributed by atoms with Gasteiger partial charge in [-0.15, -0.1) is 0 Å². The van der Waals surface area contributed by atoms with Crippen molar-refractivity contribution in [2.45, 2.75) is 65.5 Å². The average Bonchev–Trinajstić information content (AvgIpc) is 2.10. The van der Waals surface area contributed by atoms with Gasteiger partial charge >= 0.3 is 5.97 Å². The number of hydrogen-bond acceptors (Lipinski definition) is 2. The van der Waals surface area contributed by atoms with Crippen LogP contribution in [0.2, 0.25) is 0 Å². The minimum Gasteiger partial charge on any atom is -0.480 e. The molecular formula is C12H25NO2. The second-order valence-corrected chi connectivity index (χ2v) is 4.73. The minimum atomic E-state index is -0.723. The number of nitrogens with one attached hydrogen (secondary N) is 1. The largest absolute Gasteiger partial charge is 0.480 e. The van der Waals surface area contributed by atoms with Crippen LogP contribution in [0.5, 0.6) is 0 Å². The average molecular weight is 215 g/mol. The number of hydrogen-bond donors (Lipinski definition) is 2. The molecule has 0 fully saturated rings. The quantitative estimate of drug-likeness (QED) is 0.654. The topological polar surface area (TPSA) is 49.3 Å². The Morgan fingerprint density at radius 3 is 2.33 bits per heavy atom. The van der Waals surface area contributed by atoms with Crippen LogP contribution < -0.4 is 5.32 Å². The molecule has 0 heterocycles. The van der Waals surface area contributed by atoms with Crippen LogP contribution in [0.25, 0.3) is 0 Å². The monoisotopic (exact) mass is 215 g/mol. The molecule has 90 valence electrons. The van der Waals surface area contributed by atoms with Crippen LogP contribution >= 0.6 is 0 Å². The fourth-order valence-electron chi connectivity index (χ4n) is 1.80. The molecule has 1 unspecified atom stereocenters. The first-order chi connectivity index (χ1) is 6.97. The summed E-state index contributed by atoms with van der Waals surface area (Å²) in [6, 6.07) is -0.0957. The first-order valence-electron chi connectivity index (χ1n) is 5.96. The lowest BCUT2D eigenvalue weighted by Crippen LogP contribution is -2.42. The van der Waals surface area contributed by atoms with Crippen molar-refractivity contribution in [1.82, 2.24) is 5.32 Å². The van der Waals surface area contributed by atoms with Gasteiger partial charge in [0, 0.05) is 6.04 Å². The van der Waals surface area contributed by atoms with Gasteiger partial charge in [-0.05, 0) is 25.7 Å². The summed E-state index contributed by atoms with van der Waals surface area (Å²) in [6.45, 7) is 8.44. The Balaban J connectivity index is 3.98. The molecule has 0 saturated heterocycles. The Labute approximate surface area is 93.3 Å². The van der Waals surface area contributed by atoms with Crippen LogP contribution in [0.1, 0.15) is 53.4 Å². The van der Waals surface area contributed by atoms with Crippen LogP contribution in [0.3, 0.4) is 0 Å². The molecule has 0 saturated carbocycles. The summed E-state index contributed by atoms with van der Waals surface area (Å²) >= 11 is 0. The summed E-state index contributed by atoms with van der Waals surface area (Å²) in [5.41, 5.74) is 0. The van der Waals surface area contributed by atoms with Gasteiger partial charge in [0.05, 0.1) is 0 Å². The van der Waals surface area contributed by atoms with Gasteiger partial charge in [-0.2, -0.15) is 0 Å². The maximum atomic E-state index is 11.0. The summed E-state index contributed by atoms with van der Waals surface area (Å²) in [5.74, 6) is -0.118. The Bertz CT molecular complexity index is 180. The highest BCUT2D eigenvalue weighted by molar-refractivity contribution is 5.73. The van der Waals surface area contributed by atoms with Crippen molar-refractivity contribution in [3.8, 4) is 0 Å². The first kappa shape index (κ1) is 14.4. The molecule has 0 aliphatic carbocycles. The number of unbranched alkanes of at least 4 members (excludes halogenated alkanes) is 1. The number of carbonyl (C=O) groups is 1. The van der Waals surface area contributed by atoms with Crippen molar-refractivity contribution in [2.24, 2.45) is 5.92 Å². The summed E-state index contributed by atoms with van der Waals surface area (Å²) in [7, 11) is 0. The van der Waals surface area contributed by atoms with Crippen molar-refractivity contribution in [1.29, 1.82) is 0 Å². The first-order valence-corrected chi connectivity index (χ1v) is 5.96. The van der Waals surface area contributed by atoms with Gasteiger partial charge in [-0.1, -0.05) is 33.6 Å². The number of rotatable bonds is 8. The van der Waals surface area contributed by atoms with E-state index in [9.17, 15) is 4.79 Å². The molecule has 0 aromatic rings. The van der Waals surface area contributed by atoms with Crippen LogP contribution in [-0.2, 0) is 4.79 Å². The summed E-state index contributed by atoms with van der Waals surface area (Å²) < 4.78 is 0. The van der Waals surface area contributed by atoms with Gasteiger partial charge in [0.15, 0.2) is 0 Å². The summed E-state index contributed by atoms with van der Waals surface area (Å²) in [4.78, 5) is 11.0. The van der Waals surface area contributed by atoms with Gasteiger partial charge in [-0.3, -0.25) is 4.79 Å². The third kappa shape index (κ3) is 7.37. The number of carboxylic acids is 1. The molecule has 0 bridgehead atoms. The highest BCUT2D eigenvalue weighted by atomic mass is 16.4. The molecule has 0 aromatic carbocycles. The molecule has 2 N–H and O–H groups in total. The molecule has 3 heteroatoms. The third-order valence-electron chi connectivity index (χ3n) is 2.46. The SMILES string of the molecule is CCCC[C@H](NC(C)CC(C)C)C(=O)O. The van der Waals surface area contributed by atoms with E-state index in [1.165, 1.54) is 0 Å². The van der Waals surface area contributed by atoms with Crippen molar-refractivity contribution in [2.75, 3.05) is 0 Å². The van der Waals surface area contributed by atoms with Gasteiger partial charge < -0.3 is 10.4 Å². The molecule has 0 radical (unpaired) electrons. The van der Waals surface area contributed by atoms with E-state index in [0.717, 1.165) is 25.7 Å². The molecule has 0 aliphatic rings. The van der Waals surface area contributed by atoms with Crippen LogP contribution in [0.15, 0.2) is 0 Å². The molecule has 0 aliphatic heterocycles. The molecule has 15 heavy (non-hydrogen) atoms. The van der Waals surface area contributed by atoms with Gasteiger partial charge in [0.1, 0.15) is 6.04 Å². The zero-order valence-corrected chi connectivity index (χ0v) is 10.4. The highest BCUT2D eigenvalue weighted by Gasteiger charge is 2.18. The van der Waals surface area contributed by atoms with Gasteiger partial charge in [-0.25, -0.2) is 0 Å². The van der Waals surface area contributed by atoms with Gasteiger partial charge in [0.2, 0.25) is 0 Å². The van der Waals surface area contributed by atoms with E-state index >= 15 is 0 Å². The lowest BCUT2D eigenvalue weighted by atomic mass is 10.0. The van der Waals surface area contributed by atoms with E-state index in [1.54, 1.807) is 0 Å². The maximum Gasteiger partial charge on any atom is 0.320 e. The molecule has 0 amide bonds. The molecule has 0 aromatic heterocycles. The summed E-state index contributed by atoms with van der Waals surface area (Å²) in [5, 5.41) is 12.2. The molecule has 0 spiro atoms. The third-order valence-corrected chi connectivity index (χ3v) is 2.46. The van der Waals surface area contributed by atoms with Gasteiger partial charge in [0.25, 0.3) is 0 Å². The molecular weight excluding hydrogens is 190 g/mol. The smallest absolute Gasteiger partial charge is 0.320 e. The maximum absolute atomic E-state index is 11.0. The fourth-order valence-corrected chi connectivity index (χ4v) is 1.80. The van der Waals surface area contributed by atoms with E-state index in [-0.39, 0.29) is 12.1 Å². The van der Waals surface area contributed by atoms with E-state index in [0.29, 0.717) is 5.92 Å². The number of carboxylic acid groups (broad SMARTS) is 1. The second kappa shape index (κ2) is 7.69. The minimum absolute atomic E-state index is 0.281. The molecule has 0 rings (SSSR count). The van der Waals surface area contributed by atoms with Crippen molar-refractivity contribution >= 4 is 5.97 Å². The van der Waals surface area contributed by atoms with Crippen molar-refractivity contribution in [3.63, 3.8) is 0 Å². The van der Waals surface area contributed by atoms with Crippen molar-refractivity contribution < 1.29 is 9.90 Å². The summed E-state index contributed by atoms with van der Waals surface area (Å²) in [6.07, 6.45) is 3.77. The van der Waals surface area contributed by atoms with E-state index < -0.39 is 5.97 Å². The van der Waals surface area contributed by atoms with E-state index in [4.69, 9.17) is 5.11 Å². The van der Waals surface area contributed by atoms with Crippen molar-refractivity contribution in [3.05, 3.63) is 0 Å². The Morgan fingerprint density at radius 1 is 1.33 bits per heavy atom. The second-order valence-electron chi connectivity index (χ2n) is 4.73. The molecule has 2 atom stereocenters. The zero-order chi connectivity index (χ0) is 11.8. The Morgan fingerprint density at radius 2 is 1.93 bits per heavy atom. The Hall–Kier alpha value is -0.570. The lowest BCUT2D eigenvalue weighted by molar-refractivity contribution is -0.139. The zero-order valence-electron chi connectivity index (χ0n) is 10.4. The highest BCUT2D eigenvalue weighted by Crippen LogP contribution is 2.07. The normalized spacial score (nSPS) is 15.3. The fraction of sp³-hybridized carbons (Fsp3) is 0.917. The standard InChI is InChI=1S/C12H25NO2/c1-5-6-7-11(12(14)15)13-10(4)8-9(2)3/h9-11,13H,5-8H2,1-4H3,(H,14,15)/t10?,11-/m0/s1. The van der Waals surface area contributed by atoms with E-state index in [2.05, 4.69) is 33.0 Å². The molecule has 3 nitrogen and oxygen atoms in total. The predicted molar refractivity (Wildman–Crippen MR) is 63.0 cm³/mol. The van der Waals surface area contributed by atoms with Crippen LogP contribution in [-0.4, -0.2) is 23.2 Å².